The maximum Gasteiger partial charge on any atom is 0.221 e. The van der Waals surface area contributed by atoms with E-state index in [1.165, 1.54) is 12.8 Å². The fourth-order valence-corrected chi connectivity index (χ4v) is 3.21. The highest BCUT2D eigenvalue weighted by molar-refractivity contribution is 5.81. The Balaban J connectivity index is 1.78. The lowest BCUT2D eigenvalue weighted by molar-refractivity contribution is -0.121. The Bertz CT molecular complexity index is 583. The Morgan fingerprint density at radius 3 is 2.72 bits per heavy atom. The molecule has 0 heterocycles. The molecule has 0 aromatic heterocycles. The van der Waals surface area contributed by atoms with E-state index in [1.807, 2.05) is 36.2 Å². The van der Waals surface area contributed by atoms with Crippen molar-refractivity contribution in [2.24, 2.45) is 4.99 Å². The maximum absolute atomic E-state index is 12.0. The number of nitrogens with one attached hydrogen (secondary N) is 2. The van der Waals surface area contributed by atoms with Gasteiger partial charge >= 0.3 is 0 Å². The highest BCUT2D eigenvalue weighted by Gasteiger charge is 2.17. The molecule has 1 aromatic rings. The molecule has 1 amide bonds. The molecule has 1 aliphatic rings. The van der Waals surface area contributed by atoms with Crippen LogP contribution >= 0.6 is 0 Å². The lowest BCUT2D eigenvalue weighted by Crippen LogP contribution is -2.41. The molecule has 1 saturated carbocycles. The number of carbonyl (C=O) groups excluding carboxylic acids is 1. The van der Waals surface area contributed by atoms with Gasteiger partial charge in [-0.15, -0.1) is 0 Å². The minimum absolute atomic E-state index is 0.113. The first-order valence-electron chi connectivity index (χ1n) is 8.97. The van der Waals surface area contributed by atoms with Gasteiger partial charge in [-0.25, -0.2) is 0 Å². The Morgan fingerprint density at radius 2 is 2.04 bits per heavy atom. The summed E-state index contributed by atoms with van der Waals surface area (Å²) < 4.78 is 5.40. The molecule has 1 aromatic carbocycles. The lowest BCUT2D eigenvalue weighted by Gasteiger charge is -2.23. The average Bonchev–Trinajstić information content (AvgIpc) is 3.12. The predicted molar refractivity (Wildman–Crippen MR) is 101 cm³/mol. The number of aliphatic imine (C=N–C) groups is 1. The molecule has 25 heavy (non-hydrogen) atoms. The molecule has 0 spiro atoms. The number of ether oxygens (including phenoxy) is 1. The summed E-state index contributed by atoms with van der Waals surface area (Å²) >= 11 is 0. The lowest BCUT2D eigenvalue weighted by atomic mass is 10.2. The first kappa shape index (κ1) is 19.1. The zero-order chi connectivity index (χ0) is 18.1. The predicted octanol–water partition coefficient (Wildman–Crippen LogP) is 2.15. The van der Waals surface area contributed by atoms with E-state index in [2.05, 4.69) is 15.6 Å². The van der Waals surface area contributed by atoms with Gasteiger partial charge in [0.1, 0.15) is 5.75 Å². The molecule has 6 nitrogen and oxygen atoms in total. The molecule has 6 heteroatoms. The Hall–Kier alpha value is -2.24. The van der Waals surface area contributed by atoms with Crippen LogP contribution in [0.25, 0.3) is 0 Å². The van der Waals surface area contributed by atoms with Crippen molar-refractivity contribution < 1.29 is 9.53 Å². The van der Waals surface area contributed by atoms with Crippen LogP contribution in [-0.4, -0.2) is 50.6 Å². The summed E-state index contributed by atoms with van der Waals surface area (Å²) in [5.41, 5.74) is 1.09. The van der Waals surface area contributed by atoms with Crippen LogP contribution in [0.1, 0.15) is 37.7 Å². The van der Waals surface area contributed by atoms with Gasteiger partial charge in [0.2, 0.25) is 5.91 Å². The number of para-hydroxylation sites is 1. The van der Waals surface area contributed by atoms with Gasteiger partial charge in [-0.2, -0.15) is 0 Å². The molecular weight excluding hydrogens is 316 g/mol. The molecular formula is C19H30N4O2. The fourth-order valence-electron chi connectivity index (χ4n) is 3.21. The Morgan fingerprint density at radius 1 is 1.32 bits per heavy atom. The van der Waals surface area contributed by atoms with E-state index in [0.717, 1.165) is 30.1 Å². The van der Waals surface area contributed by atoms with Crippen LogP contribution in [-0.2, 0) is 11.3 Å². The summed E-state index contributed by atoms with van der Waals surface area (Å²) in [7, 11) is 5.40. The third kappa shape index (κ3) is 5.96. The van der Waals surface area contributed by atoms with Crippen molar-refractivity contribution in [3.63, 3.8) is 0 Å². The molecule has 0 atom stereocenters. The largest absolute Gasteiger partial charge is 0.496 e. The molecule has 2 rings (SSSR count). The summed E-state index contributed by atoms with van der Waals surface area (Å²) in [5.74, 6) is 1.74. The Labute approximate surface area is 150 Å². The van der Waals surface area contributed by atoms with E-state index in [4.69, 9.17) is 4.74 Å². The second-order valence-electron chi connectivity index (χ2n) is 6.44. The summed E-state index contributed by atoms with van der Waals surface area (Å²) in [5, 5.41) is 6.36. The van der Waals surface area contributed by atoms with Gasteiger partial charge in [0.05, 0.1) is 7.11 Å². The molecule has 1 aliphatic carbocycles. The SMILES string of the molecule is CN=C(NCCC(=O)NC1CCCC1)N(C)Cc1ccccc1OC. The van der Waals surface area contributed by atoms with Crippen molar-refractivity contribution in [3.8, 4) is 5.75 Å². The molecule has 138 valence electrons. The van der Waals surface area contributed by atoms with Gasteiger partial charge in [-0.1, -0.05) is 31.0 Å². The third-order valence-electron chi connectivity index (χ3n) is 4.53. The number of nitrogens with zero attached hydrogens (tertiary/aromatic N) is 2. The number of hydrogen-bond donors (Lipinski definition) is 2. The summed E-state index contributed by atoms with van der Waals surface area (Å²) in [6, 6.07) is 8.32. The molecule has 0 radical (unpaired) electrons. The van der Waals surface area contributed by atoms with Gasteiger partial charge in [0, 0.05) is 45.2 Å². The Kier molecular flexibility index (Phi) is 7.57. The summed E-state index contributed by atoms with van der Waals surface area (Å²) in [6.07, 6.45) is 5.14. The topological polar surface area (TPSA) is 66.0 Å². The first-order valence-corrected chi connectivity index (χ1v) is 8.97. The van der Waals surface area contributed by atoms with Crippen LogP contribution in [0.2, 0.25) is 0 Å². The van der Waals surface area contributed by atoms with Gasteiger partial charge in [-0.05, 0) is 18.9 Å². The number of amides is 1. The van der Waals surface area contributed by atoms with Crippen molar-refractivity contribution in [1.29, 1.82) is 0 Å². The molecule has 2 N–H and O–H groups in total. The van der Waals surface area contributed by atoms with Crippen molar-refractivity contribution in [1.82, 2.24) is 15.5 Å². The molecule has 0 unspecified atom stereocenters. The van der Waals surface area contributed by atoms with Gasteiger partial charge in [0.15, 0.2) is 5.96 Å². The highest BCUT2D eigenvalue weighted by Crippen LogP contribution is 2.19. The summed E-state index contributed by atoms with van der Waals surface area (Å²) in [6.45, 7) is 1.25. The van der Waals surface area contributed by atoms with E-state index in [0.29, 0.717) is 25.6 Å². The van der Waals surface area contributed by atoms with Gasteiger partial charge in [-0.3, -0.25) is 9.79 Å². The highest BCUT2D eigenvalue weighted by atomic mass is 16.5. The van der Waals surface area contributed by atoms with Crippen molar-refractivity contribution >= 4 is 11.9 Å². The number of benzene rings is 1. The van der Waals surface area contributed by atoms with Crippen molar-refractivity contribution in [3.05, 3.63) is 29.8 Å². The van der Waals surface area contributed by atoms with E-state index >= 15 is 0 Å². The van der Waals surface area contributed by atoms with Gasteiger partial charge < -0.3 is 20.3 Å². The van der Waals surface area contributed by atoms with E-state index in [1.54, 1.807) is 14.2 Å². The van der Waals surface area contributed by atoms with Crippen LogP contribution in [0.4, 0.5) is 0 Å². The van der Waals surface area contributed by atoms with Crippen LogP contribution < -0.4 is 15.4 Å². The monoisotopic (exact) mass is 346 g/mol. The molecule has 1 fully saturated rings. The quantitative estimate of drug-likeness (QED) is 0.586. The molecule has 0 bridgehead atoms. The molecule has 0 saturated heterocycles. The maximum atomic E-state index is 12.0. The zero-order valence-electron chi connectivity index (χ0n) is 15.5. The van der Waals surface area contributed by atoms with Crippen molar-refractivity contribution in [2.75, 3.05) is 27.7 Å². The number of hydrogen-bond acceptors (Lipinski definition) is 3. The van der Waals surface area contributed by atoms with E-state index in [9.17, 15) is 4.79 Å². The standard InChI is InChI=1S/C19H30N4O2/c1-20-19(21-13-12-18(24)22-16-9-5-6-10-16)23(2)14-15-8-4-7-11-17(15)25-3/h4,7-8,11,16H,5-6,9-10,12-14H2,1-3H3,(H,20,21)(H,22,24). The van der Waals surface area contributed by atoms with Crippen LogP contribution in [0.5, 0.6) is 5.75 Å². The van der Waals surface area contributed by atoms with E-state index in [-0.39, 0.29) is 5.91 Å². The number of rotatable bonds is 7. The zero-order valence-corrected chi connectivity index (χ0v) is 15.5. The molecule has 0 aliphatic heterocycles. The van der Waals surface area contributed by atoms with E-state index < -0.39 is 0 Å². The second-order valence-corrected chi connectivity index (χ2v) is 6.44. The van der Waals surface area contributed by atoms with Crippen molar-refractivity contribution in [2.45, 2.75) is 44.7 Å². The smallest absolute Gasteiger partial charge is 0.221 e. The number of guanidine groups is 1. The number of methoxy groups -OCH3 is 1. The fraction of sp³-hybridized carbons (Fsp3) is 0.579. The second kappa shape index (κ2) is 9.91. The van der Waals surface area contributed by atoms with Crippen LogP contribution in [0.15, 0.2) is 29.3 Å². The van der Waals surface area contributed by atoms with Crippen LogP contribution in [0.3, 0.4) is 0 Å². The normalized spacial score (nSPS) is 15.1. The number of carbonyl (C=O) groups is 1. The third-order valence-corrected chi connectivity index (χ3v) is 4.53. The summed E-state index contributed by atoms with van der Waals surface area (Å²) in [4.78, 5) is 18.3. The average molecular weight is 346 g/mol. The van der Waals surface area contributed by atoms with Crippen LogP contribution in [0, 0.1) is 0 Å². The first-order chi connectivity index (χ1) is 12.1. The minimum atomic E-state index is 0.113. The van der Waals surface area contributed by atoms with Gasteiger partial charge in [0.25, 0.3) is 0 Å². The minimum Gasteiger partial charge on any atom is -0.496 e.